The van der Waals surface area contributed by atoms with Crippen molar-refractivity contribution in [3.05, 3.63) is 0 Å². The van der Waals surface area contributed by atoms with Crippen molar-refractivity contribution in [1.82, 2.24) is 0 Å². The van der Waals surface area contributed by atoms with Gasteiger partial charge in [0, 0.05) is 13.2 Å². The van der Waals surface area contributed by atoms with Crippen LogP contribution in [0.2, 0.25) is 0 Å². The van der Waals surface area contributed by atoms with Gasteiger partial charge in [-0.3, -0.25) is 9.11 Å². The number of rotatable bonds is 28. The van der Waals surface area contributed by atoms with E-state index in [0.29, 0.717) is 0 Å². The fourth-order valence-electron chi connectivity index (χ4n) is 4.55. The zero-order valence-electron chi connectivity index (χ0n) is 24.3. The molecule has 0 heterocycles. The van der Waals surface area contributed by atoms with Gasteiger partial charge in [0.15, 0.2) is 0 Å². The highest BCUT2D eigenvalue weighted by atomic mass is 32.3. The predicted molar refractivity (Wildman–Crippen MR) is 156 cm³/mol. The van der Waals surface area contributed by atoms with Crippen molar-refractivity contribution in [3.63, 3.8) is 0 Å². The zero-order valence-corrected chi connectivity index (χ0v) is 25.1. The number of hydrogen-bond acceptors (Lipinski definition) is 3. The molecule has 0 aliphatic rings. The Labute approximate surface area is 226 Å². The number of ether oxygens (including phenoxy) is 1. The predicted octanol–water partition coefficient (Wildman–Crippen LogP) is 10.5. The topological polar surface area (TPSA) is 83.8 Å². The second kappa shape index (κ2) is 32.9. The van der Waals surface area contributed by atoms with Crippen molar-refractivity contribution < 1.29 is 22.3 Å². The van der Waals surface area contributed by atoms with E-state index in [9.17, 15) is 0 Å². The van der Waals surface area contributed by atoms with E-state index in [1.54, 1.807) is 0 Å². The summed E-state index contributed by atoms with van der Waals surface area (Å²) in [6.45, 7) is 6.59. The van der Waals surface area contributed by atoms with E-state index in [2.05, 4.69) is 13.8 Å². The quantitative estimate of drug-likeness (QED) is 0.0767. The molecule has 6 heteroatoms. The molecule has 0 atom stereocenters. The molecule has 0 saturated heterocycles. The molecule has 0 unspecified atom stereocenters. The normalized spacial score (nSPS) is 11.4. The van der Waals surface area contributed by atoms with Crippen LogP contribution < -0.4 is 0 Å². The van der Waals surface area contributed by atoms with Crippen LogP contribution in [0.3, 0.4) is 0 Å². The monoisotopic (exact) mass is 536 g/mol. The third-order valence-electron chi connectivity index (χ3n) is 6.78. The van der Waals surface area contributed by atoms with Gasteiger partial charge in [0.1, 0.15) is 0 Å². The van der Waals surface area contributed by atoms with Crippen molar-refractivity contribution in [2.24, 2.45) is 0 Å². The minimum absolute atomic E-state index is 0.996. The molecule has 5 nitrogen and oxygen atoms in total. The van der Waals surface area contributed by atoms with Crippen LogP contribution in [-0.2, 0) is 15.1 Å². The smallest absolute Gasteiger partial charge is 0.381 e. The molecule has 0 aliphatic heterocycles. The lowest BCUT2D eigenvalue weighted by atomic mass is 10.0. The molecule has 0 aromatic heterocycles. The highest BCUT2D eigenvalue weighted by molar-refractivity contribution is 7.79. The van der Waals surface area contributed by atoms with Crippen molar-refractivity contribution >= 4 is 10.4 Å². The lowest BCUT2D eigenvalue weighted by molar-refractivity contribution is 0.125. The molecule has 0 spiro atoms. The summed E-state index contributed by atoms with van der Waals surface area (Å²) in [6, 6.07) is 0. The summed E-state index contributed by atoms with van der Waals surface area (Å²) in [7, 11) is -4.67. The van der Waals surface area contributed by atoms with Gasteiger partial charge in [-0.25, -0.2) is 0 Å². The van der Waals surface area contributed by atoms with Gasteiger partial charge < -0.3 is 4.74 Å². The van der Waals surface area contributed by atoms with Crippen LogP contribution in [-0.4, -0.2) is 30.7 Å². The third kappa shape index (κ3) is 47.1. The highest BCUT2D eigenvalue weighted by Crippen LogP contribution is 2.14. The molecule has 0 amide bonds. The second-order valence-corrected chi connectivity index (χ2v) is 11.4. The fraction of sp³-hybridized carbons (Fsp3) is 1.00. The van der Waals surface area contributed by atoms with Gasteiger partial charge in [0.05, 0.1) is 0 Å². The van der Waals surface area contributed by atoms with Crippen molar-refractivity contribution in [3.8, 4) is 0 Å². The summed E-state index contributed by atoms with van der Waals surface area (Å²) < 4.78 is 37.4. The van der Waals surface area contributed by atoms with Gasteiger partial charge in [0.25, 0.3) is 0 Å². The lowest BCUT2D eigenvalue weighted by Gasteiger charge is -2.05. The summed E-state index contributed by atoms with van der Waals surface area (Å²) in [4.78, 5) is 0. The molecule has 0 aromatic carbocycles. The maximum absolute atomic E-state index is 8.74. The summed E-state index contributed by atoms with van der Waals surface area (Å²) in [5.41, 5.74) is 0. The Bertz CT molecular complexity index is 446. The minimum atomic E-state index is -4.67. The molecule has 0 fully saturated rings. The summed E-state index contributed by atoms with van der Waals surface area (Å²) in [5.74, 6) is 0. The van der Waals surface area contributed by atoms with Gasteiger partial charge >= 0.3 is 10.4 Å². The molecule has 0 rings (SSSR count). The van der Waals surface area contributed by atoms with Crippen LogP contribution in [0.15, 0.2) is 0 Å². The van der Waals surface area contributed by atoms with Crippen LogP contribution in [0.25, 0.3) is 0 Å². The largest absolute Gasteiger partial charge is 0.394 e. The first-order valence-corrected chi connectivity index (χ1v) is 17.1. The van der Waals surface area contributed by atoms with E-state index < -0.39 is 10.4 Å². The first-order valence-electron chi connectivity index (χ1n) is 15.7. The summed E-state index contributed by atoms with van der Waals surface area (Å²) >= 11 is 0. The van der Waals surface area contributed by atoms with E-state index in [-0.39, 0.29) is 0 Å². The molecule has 0 aromatic rings. The summed E-state index contributed by atoms with van der Waals surface area (Å²) in [6.07, 6.45) is 37.1. The Balaban J connectivity index is 0. The average molecular weight is 537 g/mol. The molecule has 2 N–H and O–H groups in total. The SMILES string of the molecule is CCCCCCCCCCCCCCCOCCCCCCCCCCCCCCC.O=S(=O)(O)O. The Hall–Kier alpha value is -0.170. The molecular formula is C30H64O5S. The lowest BCUT2D eigenvalue weighted by Crippen LogP contribution is -1.97. The number of unbranched alkanes of at least 4 members (excludes halogenated alkanes) is 24. The standard InChI is InChI=1S/C30H62O.H2O4S/c1-3-5-7-9-11-13-15-17-19-21-23-25-27-29-31-30-28-26-24-22-20-18-16-14-12-10-8-6-4-2;1-5(2,3)4/h3-30H2,1-2H3;(H2,1,2,3,4). The molecule has 0 radical (unpaired) electrons. The van der Waals surface area contributed by atoms with Crippen LogP contribution in [0, 0.1) is 0 Å². The van der Waals surface area contributed by atoms with E-state index >= 15 is 0 Å². The maximum atomic E-state index is 8.74. The Morgan fingerprint density at radius 1 is 0.389 bits per heavy atom. The molecule has 0 saturated carbocycles. The fourth-order valence-corrected chi connectivity index (χ4v) is 4.55. The van der Waals surface area contributed by atoms with Crippen molar-refractivity contribution in [2.45, 2.75) is 181 Å². The van der Waals surface area contributed by atoms with E-state index in [1.165, 1.54) is 167 Å². The number of hydrogen-bond donors (Lipinski definition) is 2. The van der Waals surface area contributed by atoms with Crippen LogP contribution in [0.5, 0.6) is 0 Å². The third-order valence-corrected chi connectivity index (χ3v) is 6.78. The first-order chi connectivity index (χ1) is 17.4. The van der Waals surface area contributed by atoms with E-state index in [0.717, 1.165) is 13.2 Å². The van der Waals surface area contributed by atoms with Gasteiger partial charge in [-0.1, -0.05) is 168 Å². The van der Waals surface area contributed by atoms with Gasteiger partial charge in [-0.15, -0.1) is 0 Å². The van der Waals surface area contributed by atoms with Crippen molar-refractivity contribution in [2.75, 3.05) is 13.2 Å². The van der Waals surface area contributed by atoms with Crippen LogP contribution in [0.1, 0.15) is 181 Å². The Kier molecular flexibility index (Phi) is 34.7. The molecule has 0 aliphatic carbocycles. The molecule has 36 heavy (non-hydrogen) atoms. The first kappa shape index (κ1) is 38.0. The Morgan fingerprint density at radius 2 is 0.556 bits per heavy atom. The van der Waals surface area contributed by atoms with Gasteiger partial charge in [-0.05, 0) is 12.8 Å². The maximum Gasteiger partial charge on any atom is 0.394 e. The molecule has 0 bridgehead atoms. The van der Waals surface area contributed by atoms with Gasteiger partial charge in [0.2, 0.25) is 0 Å². The average Bonchev–Trinajstić information content (AvgIpc) is 2.82. The van der Waals surface area contributed by atoms with E-state index in [4.69, 9.17) is 22.3 Å². The summed E-state index contributed by atoms with van der Waals surface area (Å²) in [5, 5.41) is 0. The van der Waals surface area contributed by atoms with E-state index in [1.807, 2.05) is 0 Å². The molecule has 220 valence electrons. The van der Waals surface area contributed by atoms with Gasteiger partial charge in [-0.2, -0.15) is 8.42 Å². The van der Waals surface area contributed by atoms with Crippen LogP contribution >= 0.6 is 0 Å². The molecular weight excluding hydrogens is 472 g/mol. The minimum Gasteiger partial charge on any atom is -0.381 e. The zero-order chi connectivity index (χ0) is 27.0. The van der Waals surface area contributed by atoms with Crippen molar-refractivity contribution in [1.29, 1.82) is 0 Å². The van der Waals surface area contributed by atoms with Crippen LogP contribution in [0.4, 0.5) is 0 Å². The Morgan fingerprint density at radius 3 is 0.750 bits per heavy atom. The highest BCUT2D eigenvalue weighted by Gasteiger charge is 1.96. The second-order valence-electron chi connectivity index (χ2n) is 10.5.